The Morgan fingerprint density at radius 2 is 1.55 bits per heavy atom. The third-order valence-electron chi connectivity index (χ3n) is 1.76. The van der Waals surface area contributed by atoms with Gasteiger partial charge in [-0.1, -0.05) is 39.5 Å². The van der Waals surface area contributed by atoms with E-state index in [1.807, 2.05) is 0 Å². The number of rotatable bonds is 6. The lowest BCUT2D eigenvalue weighted by molar-refractivity contribution is 0.764. The quantitative estimate of drug-likeness (QED) is 0.346. The van der Waals surface area contributed by atoms with Gasteiger partial charge in [0.05, 0.1) is 0 Å². The molecule has 0 unspecified atom stereocenters. The van der Waals surface area contributed by atoms with Crippen LogP contribution in [0, 0.1) is 0 Å². The smallest absolute Gasteiger partial charge is 0.146 e. The Morgan fingerprint density at radius 3 is 2.00 bits per heavy atom. The van der Waals surface area contributed by atoms with Gasteiger partial charge in [0.2, 0.25) is 0 Å². The molecule has 0 saturated heterocycles. The minimum absolute atomic E-state index is 1.06. The van der Waals surface area contributed by atoms with Crippen molar-refractivity contribution in [2.24, 2.45) is 0 Å². The first-order chi connectivity index (χ1) is 5.12. The summed E-state index contributed by atoms with van der Waals surface area (Å²) in [6.45, 7) is 2.55. The minimum Gasteiger partial charge on any atom is -0.146 e. The highest BCUT2D eigenvalue weighted by atomic mass is 35.7. The summed E-state index contributed by atoms with van der Waals surface area (Å²) in [5.74, 6) is 0. The van der Waals surface area contributed by atoms with Crippen LogP contribution >= 0.6 is 22.2 Å². The zero-order chi connectivity index (χ0) is 8.74. The fraction of sp³-hybridized carbons (Fsp3) is 1.00. The second kappa shape index (κ2) is 6.33. The molecule has 0 aliphatic carbocycles. The molecule has 0 radical (unpaired) electrons. The fourth-order valence-electron chi connectivity index (χ4n) is 1.12. The Balaban J connectivity index is 3.38. The molecule has 0 amide bonds. The Hall–Kier alpha value is 0.797. The van der Waals surface area contributed by atoms with Gasteiger partial charge < -0.3 is 0 Å². The SMILES string of the molecule is CCCCC[Si](Cl)(Cl)CCC. The summed E-state index contributed by atoms with van der Waals surface area (Å²) >= 11 is 12.4. The molecule has 0 N–H and O–H groups in total. The Kier molecular flexibility index (Phi) is 6.79. The van der Waals surface area contributed by atoms with Crippen molar-refractivity contribution in [1.29, 1.82) is 0 Å². The minimum atomic E-state index is -1.80. The third kappa shape index (κ3) is 7.17. The summed E-state index contributed by atoms with van der Waals surface area (Å²) in [6, 6.07) is 2.14. The van der Waals surface area contributed by atoms with Crippen molar-refractivity contribution < 1.29 is 0 Å². The lowest BCUT2D eigenvalue weighted by Crippen LogP contribution is -2.17. The molecule has 0 spiro atoms. The molecular weight excluding hydrogens is 195 g/mol. The summed E-state index contributed by atoms with van der Waals surface area (Å²) in [5.41, 5.74) is 0. The van der Waals surface area contributed by atoms with Crippen LogP contribution in [0.4, 0.5) is 0 Å². The standard InChI is InChI=1S/C8H18Cl2Si/c1-3-5-6-8-11(9,10)7-4-2/h3-8H2,1-2H3. The predicted octanol–water partition coefficient (Wildman–Crippen LogP) is 4.51. The molecule has 68 valence electrons. The first-order valence-electron chi connectivity index (χ1n) is 4.50. The molecule has 0 rings (SSSR count). The van der Waals surface area contributed by atoms with Crippen LogP contribution in [-0.2, 0) is 0 Å². The first-order valence-corrected chi connectivity index (χ1v) is 8.94. The van der Waals surface area contributed by atoms with Crippen molar-refractivity contribution in [3.05, 3.63) is 0 Å². The molecule has 0 saturated carbocycles. The van der Waals surface area contributed by atoms with Crippen LogP contribution in [0.2, 0.25) is 12.1 Å². The van der Waals surface area contributed by atoms with E-state index < -0.39 is 6.69 Å². The van der Waals surface area contributed by atoms with E-state index in [0.29, 0.717) is 0 Å². The van der Waals surface area contributed by atoms with Crippen molar-refractivity contribution in [3.63, 3.8) is 0 Å². The van der Waals surface area contributed by atoms with E-state index in [0.717, 1.165) is 18.5 Å². The van der Waals surface area contributed by atoms with Gasteiger partial charge in [0.15, 0.2) is 0 Å². The van der Waals surface area contributed by atoms with Crippen LogP contribution < -0.4 is 0 Å². The van der Waals surface area contributed by atoms with E-state index in [9.17, 15) is 0 Å². The molecule has 0 bridgehead atoms. The second-order valence-corrected chi connectivity index (χ2v) is 10.7. The van der Waals surface area contributed by atoms with E-state index in [4.69, 9.17) is 22.2 Å². The highest BCUT2D eigenvalue weighted by Gasteiger charge is 2.25. The van der Waals surface area contributed by atoms with Crippen molar-refractivity contribution in [2.45, 2.75) is 51.6 Å². The molecule has 0 fully saturated rings. The monoisotopic (exact) mass is 212 g/mol. The molecule has 0 aromatic heterocycles. The van der Waals surface area contributed by atoms with Crippen molar-refractivity contribution in [1.82, 2.24) is 0 Å². The average Bonchev–Trinajstić information content (AvgIpc) is 1.87. The van der Waals surface area contributed by atoms with Gasteiger partial charge in [-0.3, -0.25) is 0 Å². The summed E-state index contributed by atoms with van der Waals surface area (Å²) in [7, 11) is 0. The van der Waals surface area contributed by atoms with E-state index in [-0.39, 0.29) is 0 Å². The molecule has 0 aromatic rings. The molecular formula is C8H18Cl2Si. The lowest BCUT2D eigenvalue weighted by Gasteiger charge is -2.14. The highest BCUT2D eigenvalue weighted by Crippen LogP contribution is 2.28. The van der Waals surface area contributed by atoms with E-state index in [1.165, 1.54) is 19.3 Å². The normalized spacial score (nSPS) is 12.0. The second-order valence-electron chi connectivity index (χ2n) is 3.06. The Morgan fingerprint density at radius 1 is 0.909 bits per heavy atom. The molecule has 0 aliphatic rings. The van der Waals surface area contributed by atoms with Gasteiger partial charge >= 0.3 is 0 Å². The maximum atomic E-state index is 6.18. The zero-order valence-corrected chi connectivity index (χ0v) is 10.0. The van der Waals surface area contributed by atoms with Gasteiger partial charge in [-0.2, -0.15) is 0 Å². The van der Waals surface area contributed by atoms with Gasteiger partial charge in [0.25, 0.3) is 6.69 Å². The molecule has 0 nitrogen and oxygen atoms in total. The van der Waals surface area contributed by atoms with Gasteiger partial charge in [-0.05, 0) is 12.1 Å². The zero-order valence-electron chi connectivity index (χ0n) is 7.50. The lowest BCUT2D eigenvalue weighted by atomic mass is 10.3. The number of hydrogen-bond donors (Lipinski definition) is 0. The van der Waals surface area contributed by atoms with Crippen LogP contribution in [0.25, 0.3) is 0 Å². The molecule has 3 heteroatoms. The summed E-state index contributed by atoms with van der Waals surface area (Å²) in [6.07, 6.45) is 4.88. The third-order valence-corrected chi connectivity index (χ3v) is 6.35. The largest absolute Gasteiger partial charge is 0.251 e. The van der Waals surface area contributed by atoms with Crippen molar-refractivity contribution >= 4 is 28.9 Å². The first kappa shape index (κ1) is 11.8. The van der Waals surface area contributed by atoms with Gasteiger partial charge in [-0.15, -0.1) is 22.2 Å². The Labute approximate surface area is 80.7 Å². The summed E-state index contributed by atoms with van der Waals surface area (Å²) in [4.78, 5) is 0. The van der Waals surface area contributed by atoms with Crippen molar-refractivity contribution in [2.75, 3.05) is 0 Å². The van der Waals surface area contributed by atoms with Crippen LogP contribution in [0.3, 0.4) is 0 Å². The van der Waals surface area contributed by atoms with Crippen LogP contribution in [0.1, 0.15) is 39.5 Å². The van der Waals surface area contributed by atoms with Gasteiger partial charge in [-0.25, -0.2) is 0 Å². The molecule has 0 heterocycles. The van der Waals surface area contributed by atoms with Gasteiger partial charge in [0.1, 0.15) is 0 Å². The van der Waals surface area contributed by atoms with Gasteiger partial charge in [0, 0.05) is 0 Å². The Bertz CT molecular complexity index is 94.1. The maximum Gasteiger partial charge on any atom is 0.251 e. The average molecular weight is 213 g/mol. The van der Waals surface area contributed by atoms with Crippen molar-refractivity contribution in [3.8, 4) is 0 Å². The van der Waals surface area contributed by atoms with E-state index in [1.54, 1.807) is 0 Å². The van der Waals surface area contributed by atoms with Crippen LogP contribution in [-0.4, -0.2) is 6.69 Å². The number of hydrogen-bond acceptors (Lipinski definition) is 0. The highest BCUT2D eigenvalue weighted by molar-refractivity contribution is 7.45. The topological polar surface area (TPSA) is 0 Å². The van der Waals surface area contributed by atoms with E-state index >= 15 is 0 Å². The van der Waals surface area contributed by atoms with E-state index in [2.05, 4.69) is 13.8 Å². The summed E-state index contributed by atoms with van der Waals surface area (Å²) in [5, 5.41) is 0. The number of unbranched alkanes of at least 4 members (excludes halogenated alkanes) is 2. The summed E-state index contributed by atoms with van der Waals surface area (Å²) < 4.78 is 0. The number of halogens is 2. The molecule has 0 atom stereocenters. The van der Waals surface area contributed by atoms with Crippen LogP contribution in [0.15, 0.2) is 0 Å². The predicted molar refractivity (Wildman–Crippen MR) is 56.9 cm³/mol. The molecule has 0 aliphatic heterocycles. The molecule has 11 heavy (non-hydrogen) atoms. The molecule has 0 aromatic carbocycles. The van der Waals surface area contributed by atoms with Crippen LogP contribution in [0.5, 0.6) is 0 Å². The maximum absolute atomic E-state index is 6.18. The fourth-order valence-corrected chi connectivity index (χ4v) is 4.81.